The number of ether oxygens (including phenoxy) is 4. The third kappa shape index (κ3) is 2.72. The molecule has 1 aliphatic carbocycles. The lowest BCUT2D eigenvalue weighted by Crippen LogP contribution is -2.36. The van der Waals surface area contributed by atoms with E-state index in [1.54, 1.807) is 27.4 Å². The first-order valence-electron chi connectivity index (χ1n) is 9.46. The molecular weight excluding hydrogens is 374 g/mol. The van der Waals surface area contributed by atoms with Crippen LogP contribution in [0, 0.1) is 0 Å². The molecule has 0 spiro atoms. The average Bonchev–Trinajstić information content (AvgIpc) is 2.89. The van der Waals surface area contributed by atoms with E-state index in [0.717, 1.165) is 24.0 Å². The van der Waals surface area contributed by atoms with Crippen LogP contribution < -0.4 is 18.9 Å². The van der Waals surface area contributed by atoms with Gasteiger partial charge in [0.15, 0.2) is 28.8 Å². The van der Waals surface area contributed by atoms with Gasteiger partial charge in [-0.15, -0.1) is 0 Å². The number of phenolic OH excluding ortho intramolecular Hbond substituents is 1. The second-order valence-corrected chi connectivity index (χ2v) is 7.34. The molecule has 2 aromatic rings. The molecule has 29 heavy (non-hydrogen) atoms. The molecule has 7 heteroatoms. The Kier molecular flexibility index (Phi) is 4.78. The number of carbonyl (C=O) groups excluding carboxylic acids is 1. The molecule has 0 saturated heterocycles. The first kappa shape index (κ1) is 19.4. The third-order valence-electron chi connectivity index (χ3n) is 5.93. The Hall–Kier alpha value is -2.93. The van der Waals surface area contributed by atoms with Crippen LogP contribution in [0.1, 0.15) is 33.9 Å². The van der Waals surface area contributed by atoms with E-state index in [1.165, 1.54) is 7.11 Å². The smallest absolute Gasteiger partial charge is 0.203 e. The summed E-state index contributed by atoms with van der Waals surface area (Å²) in [6.07, 6.45) is 1.52. The van der Waals surface area contributed by atoms with Gasteiger partial charge in [-0.25, -0.2) is 0 Å². The largest absolute Gasteiger partial charge is 0.504 e. The zero-order chi connectivity index (χ0) is 20.9. The number of rotatable bonds is 4. The topological polar surface area (TPSA) is 77.5 Å². The van der Waals surface area contributed by atoms with Crippen molar-refractivity contribution in [1.29, 1.82) is 0 Å². The van der Waals surface area contributed by atoms with Crippen molar-refractivity contribution in [3.8, 4) is 39.9 Å². The second kappa shape index (κ2) is 7.15. The van der Waals surface area contributed by atoms with Gasteiger partial charge in [-0.05, 0) is 43.1 Å². The first-order chi connectivity index (χ1) is 14.0. The average molecular weight is 399 g/mol. The fourth-order valence-electron chi connectivity index (χ4n) is 4.63. The number of fused-ring (bicyclic) bond motifs is 2. The molecule has 0 radical (unpaired) electrons. The molecule has 1 N–H and O–H groups in total. The number of ketones is 1. The fourth-order valence-corrected chi connectivity index (χ4v) is 4.63. The highest BCUT2D eigenvalue weighted by Crippen LogP contribution is 2.56. The number of carbonyl (C=O) groups is 1. The number of hydrogen-bond acceptors (Lipinski definition) is 7. The molecule has 154 valence electrons. The standard InChI is InChI=1S/C22H25NO6/c1-23-10-14(24)12-9-15(26-2)20(25)19-17-11(6-7-13(23)18(12)19)8-16(27-3)21(28-4)22(17)29-5/h8-9,13,25H,6-7,10H2,1-5H3/t13-/m0/s1. The minimum absolute atomic E-state index is 0.00111. The monoisotopic (exact) mass is 399 g/mol. The molecule has 1 heterocycles. The van der Waals surface area contributed by atoms with E-state index in [0.29, 0.717) is 40.5 Å². The minimum atomic E-state index is -0.0106. The number of phenols is 1. The van der Waals surface area contributed by atoms with Crippen LogP contribution in [0.25, 0.3) is 11.1 Å². The van der Waals surface area contributed by atoms with Crippen molar-refractivity contribution in [2.75, 3.05) is 42.0 Å². The normalized spacial score (nSPS) is 17.8. The van der Waals surface area contributed by atoms with Gasteiger partial charge in [0.25, 0.3) is 0 Å². The Morgan fingerprint density at radius 1 is 0.966 bits per heavy atom. The predicted molar refractivity (Wildman–Crippen MR) is 108 cm³/mol. The Morgan fingerprint density at radius 2 is 1.66 bits per heavy atom. The Bertz CT molecular complexity index is 1000. The van der Waals surface area contributed by atoms with Gasteiger partial charge in [0.1, 0.15) is 0 Å². The van der Waals surface area contributed by atoms with Crippen LogP contribution >= 0.6 is 0 Å². The Labute approximate surface area is 169 Å². The number of aryl methyl sites for hydroxylation is 1. The number of hydrogen-bond donors (Lipinski definition) is 1. The van der Waals surface area contributed by atoms with E-state index in [4.69, 9.17) is 18.9 Å². The molecular formula is C22H25NO6. The molecule has 0 unspecified atom stereocenters. The van der Waals surface area contributed by atoms with Crippen molar-refractivity contribution < 1.29 is 28.8 Å². The van der Waals surface area contributed by atoms with Crippen LogP contribution in [0.5, 0.6) is 28.7 Å². The molecule has 0 fully saturated rings. The Balaban J connectivity index is 2.17. The van der Waals surface area contributed by atoms with E-state index in [9.17, 15) is 9.90 Å². The molecule has 0 saturated carbocycles. The third-order valence-corrected chi connectivity index (χ3v) is 5.93. The highest BCUT2D eigenvalue weighted by atomic mass is 16.5. The predicted octanol–water partition coefficient (Wildman–Crippen LogP) is 3.21. The summed E-state index contributed by atoms with van der Waals surface area (Å²) >= 11 is 0. The van der Waals surface area contributed by atoms with Gasteiger partial charge in [0.2, 0.25) is 5.75 Å². The quantitative estimate of drug-likeness (QED) is 0.846. The van der Waals surface area contributed by atoms with E-state index < -0.39 is 0 Å². The van der Waals surface area contributed by atoms with Gasteiger partial charge >= 0.3 is 0 Å². The number of aromatic hydroxyl groups is 1. The van der Waals surface area contributed by atoms with Gasteiger partial charge in [-0.1, -0.05) is 0 Å². The van der Waals surface area contributed by atoms with Crippen molar-refractivity contribution in [2.24, 2.45) is 0 Å². The maximum atomic E-state index is 12.9. The summed E-state index contributed by atoms with van der Waals surface area (Å²) in [7, 11) is 8.10. The molecule has 2 aromatic carbocycles. The van der Waals surface area contributed by atoms with Gasteiger partial charge in [-0.2, -0.15) is 0 Å². The summed E-state index contributed by atoms with van der Waals surface area (Å²) in [5, 5.41) is 11.2. The lowest BCUT2D eigenvalue weighted by atomic mass is 9.84. The molecule has 0 aromatic heterocycles. The van der Waals surface area contributed by atoms with Crippen molar-refractivity contribution in [3.63, 3.8) is 0 Å². The van der Waals surface area contributed by atoms with E-state index >= 15 is 0 Å². The fraction of sp³-hybridized carbons (Fsp3) is 0.409. The van der Waals surface area contributed by atoms with Crippen LogP contribution in [0.3, 0.4) is 0 Å². The summed E-state index contributed by atoms with van der Waals surface area (Å²) in [6.45, 7) is 0.325. The number of Topliss-reactive ketones (excluding diaryl/α,β-unsaturated/α-hetero) is 1. The van der Waals surface area contributed by atoms with E-state index in [1.807, 2.05) is 18.0 Å². The zero-order valence-corrected chi connectivity index (χ0v) is 17.3. The molecule has 1 aliphatic heterocycles. The van der Waals surface area contributed by atoms with Crippen LogP contribution in [0.15, 0.2) is 12.1 Å². The maximum Gasteiger partial charge on any atom is 0.203 e. The number of benzene rings is 2. The molecule has 4 rings (SSSR count). The SMILES string of the molecule is COc1cc2c3c(c1O)-c1c(cc(OC)c(OC)c1OC)CC[C@@H]3N(C)CC2=O. The highest BCUT2D eigenvalue weighted by Gasteiger charge is 2.39. The molecule has 0 amide bonds. The van der Waals surface area contributed by atoms with Crippen LogP contribution in [0.4, 0.5) is 0 Å². The van der Waals surface area contributed by atoms with E-state index in [2.05, 4.69) is 0 Å². The van der Waals surface area contributed by atoms with Crippen LogP contribution in [-0.4, -0.2) is 57.8 Å². The van der Waals surface area contributed by atoms with Gasteiger partial charge in [-0.3, -0.25) is 9.69 Å². The van der Waals surface area contributed by atoms with Crippen LogP contribution in [-0.2, 0) is 6.42 Å². The number of methoxy groups -OCH3 is 4. The van der Waals surface area contributed by atoms with Gasteiger partial charge < -0.3 is 24.1 Å². The minimum Gasteiger partial charge on any atom is -0.504 e. The number of nitrogens with zero attached hydrogens (tertiary/aromatic N) is 1. The maximum absolute atomic E-state index is 12.9. The lowest BCUT2D eigenvalue weighted by molar-refractivity contribution is 0.0882. The van der Waals surface area contributed by atoms with Crippen molar-refractivity contribution in [3.05, 3.63) is 28.8 Å². The highest BCUT2D eigenvalue weighted by molar-refractivity contribution is 6.04. The van der Waals surface area contributed by atoms with Crippen LogP contribution in [0.2, 0.25) is 0 Å². The van der Waals surface area contributed by atoms with Crippen molar-refractivity contribution >= 4 is 5.78 Å². The summed E-state index contributed by atoms with van der Waals surface area (Å²) in [5.74, 6) is 1.73. The molecule has 2 aliphatic rings. The summed E-state index contributed by atoms with van der Waals surface area (Å²) in [4.78, 5) is 14.9. The zero-order valence-electron chi connectivity index (χ0n) is 17.3. The second-order valence-electron chi connectivity index (χ2n) is 7.34. The summed E-state index contributed by atoms with van der Waals surface area (Å²) in [5.41, 5.74) is 3.63. The molecule has 7 nitrogen and oxygen atoms in total. The molecule has 0 bridgehead atoms. The van der Waals surface area contributed by atoms with Crippen molar-refractivity contribution in [2.45, 2.75) is 18.9 Å². The molecule has 1 atom stereocenters. The lowest BCUT2D eigenvalue weighted by Gasteiger charge is -2.34. The van der Waals surface area contributed by atoms with Gasteiger partial charge in [0.05, 0.1) is 35.0 Å². The number of likely N-dealkylation sites (N-methyl/N-ethyl adjacent to an activating group) is 1. The first-order valence-corrected chi connectivity index (χ1v) is 9.46. The summed E-state index contributed by atoms with van der Waals surface area (Å²) in [6, 6.07) is 3.55. The summed E-state index contributed by atoms with van der Waals surface area (Å²) < 4.78 is 22.2. The van der Waals surface area contributed by atoms with Crippen molar-refractivity contribution in [1.82, 2.24) is 4.90 Å². The van der Waals surface area contributed by atoms with E-state index in [-0.39, 0.29) is 23.3 Å². The Morgan fingerprint density at radius 3 is 2.28 bits per heavy atom. The van der Waals surface area contributed by atoms with Gasteiger partial charge in [0, 0.05) is 22.7 Å².